The van der Waals surface area contributed by atoms with Gasteiger partial charge in [0, 0.05) is 17.3 Å². The number of rotatable bonds is 16. The van der Waals surface area contributed by atoms with Gasteiger partial charge < -0.3 is 0 Å². The van der Waals surface area contributed by atoms with Gasteiger partial charge in [-0.1, -0.05) is 101 Å². The van der Waals surface area contributed by atoms with Crippen molar-refractivity contribution < 1.29 is 33.4 Å². The van der Waals surface area contributed by atoms with E-state index in [4.69, 9.17) is 23.7 Å². The monoisotopic (exact) mass is 507 g/mol. The Bertz CT molecular complexity index is 644. The molecule has 1 aliphatic rings. The van der Waals surface area contributed by atoms with E-state index < -0.39 is 10.2 Å². The molecule has 2 rings (SSSR count). The number of hydrogen-bond donors (Lipinski definition) is 0. The molecule has 0 saturated carbocycles. The van der Waals surface area contributed by atoms with Gasteiger partial charge in [0.05, 0.1) is 7.05 Å². The van der Waals surface area contributed by atoms with Gasteiger partial charge in [0.2, 0.25) is 0 Å². The van der Waals surface area contributed by atoms with Gasteiger partial charge in [-0.2, -0.15) is 0 Å². The predicted octanol–water partition coefficient (Wildman–Crippen LogP) is 2.21. The van der Waals surface area contributed by atoms with Crippen LogP contribution in [0.2, 0.25) is 0 Å². The second-order valence-electron chi connectivity index (χ2n) is 9.85. The Balaban J connectivity index is 0.000000981. The Morgan fingerprint density at radius 3 is 1.61 bits per heavy atom. The number of unbranched alkanes of at least 4 members (excludes halogenated alkanes) is 14. The van der Waals surface area contributed by atoms with Crippen LogP contribution in [-0.4, -0.2) is 15.5 Å². The third kappa shape index (κ3) is 13.9. The van der Waals surface area contributed by atoms with Crippen molar-refractivity contribution in [2.45, 2.75) is 134 Å². The molecule has 0 saturated heterocycles. The van der Waals surface area contributed by atoms with Gasteiger partial charge >= 0.3 is 0 Å². The molecule has 0 bridgehead atoms. The zero-order valence-electron chi connectivity index (χ0n) is 21.3. The zero-order chi connectivity index (χ0) is 24.7. The fraction of sp³-hybridized carbons (Fsp3) is 0.917. The number of thioether (sulfide) groups is 1. The minimum Gasteiger partial charge on any atom is -0.225 e. The maximum absolute atomic E-state index is 8.49. The van der Waals surface area contributed by atoms with Crippen LogP contribution in [0.1, 0.15) is 123 Å². The minimum absolute atomic E-state index is 0.172. The van der Waals surface area contributed by atoms with Crippen LogP contribution in [0.3, 0.4) is 0 Å². The summed E-state index contributed by atoms with van der Waals surface area (Å²) in [6.45, 7) is 6.88. The number of halogens is 1. The number of nitrogens with zero attached hydrogens (tertiary/aromatic N) is 3. The third-order valence-electron chi connectivity index (χ3n) is 6.20. The average molecular weight is 508 g/mol. The van der Waals surface area contributed by atoms with Crippen LogP contribution in [-0.2, 0) is 19.0 Å². The summed E-state index contributed by atoms with van der Waals surface area (Å²) in [6, 6.07) is 0. The van der Waals surface area contributed by atoms with E-state index in [-0.39, 0.29) is 5.54 Å². The molecule has 0 spiro atoms. The van der Waals surface area contributed by atoms with E-state index in [9.17, 15) is 0 Å². The first-order valence-electron chi connectivity index (χ1n) is 12.8. The molecular formula is C24H46ClN3O4S. The summed E-state index contributed by atoms with van der Waals surface area (Å²) in [5.74, 6) is 2.41. The fourth-order valence-electron chi connectivity index (χ4n) is 4.20. The Morgan fingerprint density at radius 2 is 1.21 bits per heavy atom. The quantitative estimate of drug-likeness (QED) is 0.250. The van der Waals surface area contributed by atoms with Gasteiger partial charge in [-0.15, -0.1) is 10.2 Å². The highest BCUT2D eigenvalue weighted by atomic mass is 35.7. The Labute approximate surface area is 207 Å². The van der Waals surface area contributed by atoms with Crippen molar-refractivity contribution in [3.05, 3.63) is 5.82 Å². The van der Waals surface area contributed by atoms with Crippen molar-refractivity contribution in [1.82, 2.24) is 9.78 Å². The lowest BCUT2D eigenvalue weighted by Gasteiger charge is -2.17. The lowest BCUT2D eigenvalue weighted by molar-refractivity contribution is -2.00. The molecule has 1 aromatic heterocycles. The number of fused-ring (bicyclic) bond motifs is 1. The molecule has 1 aromatic rings. The highest BCUT2D eigenvalue weighted by Gasteiger charge is 2.41. The first-order valence-corrected chi connectivity index (χ1v) is 15.0. The summed E-state index contributed by atoms with van der Waals surface area (Å²) in [5.41, 5.74) is 0.172. The largest absolute Gasteiger partial charge is 0.296 e. The molecule has 1 aliphatic heterocycles. The molecule has 7 nitrogen and oxygen atoms in total. The number of aryl methyl sites for hydroxylation is 1. The lowest BCUT2D eigenvalue weighted by atomic mass is 10.0. The second kappa shape index (κ2) is 16.3. The SMILES string of the molecule is CCCCCCCCCCCCCCCCCc1nn2c([n+]1C)SCC2(C)C.[O-][Cl+3]([O-])([O-])[O-]. The summed E-state index contributed by atoms with van der Waals surface area (Å²) in [5, 5.41) is 6.24. The lowest BCUT2D eigenvalue weighted by Crippen LogP contribution is -2.68. The van der Waals surface area contributed by atoms with E-state index >= 15 is 0 Å². The Hall–Kier alpha value is -0.380. The van der Waals surface area contributed by atoms with E-state index in [1.54, 1.807) is 0 Å². The van der Waals surface area contributed by atoms with Crippen LogP contribution in [0.4, 0.5) is 0 Å². The maximum atomic E-state index is 8.49. The molecular weight excluding hydrogens is 462 g/mol. The van der Waals surface area contributed by atoms with Gasteiger partial charge in [0.25, 0.3) is 11.0 Å². The normalized spacial score (nSPS) is 14.8. The second-order valence-corrected chi connectivity index (χ2v) is 11.5. The molecule has 0 atom stereocenters. The van der Waals surface area contributed by atoms with Gasteiger partial charge in [-0.25, -0.2) is 23.2 Å². The molecule has 9 heteroatoms. The molecule has 0 amide bonds. The molecule has 0 aromatic carbocycles. The Morgan fingerprint density at radius 1 is 0.818 bits per heavy atom. The average Bonchev–Trinajstić information content (AvgIpc) is 3.20. The van der Waals surface area contributed by atoms with E-state index in [1.807, 2.05) is 11.8 Å². The first kappa shape index (κ1) is 30.7. The Kier molecular flexibility index (Phi) is 15.2. The van der Waals surface area contributed by atoms with Crippen LogP contribution in [0, 0.1) is 10.2 Å². The van der Waals surface area contributed by atoms with Gasteiger partial charge in [-0.05, 0) is 32.0 Å². The highest BCUT2D eigenvalue weighted by molar-refractivity contribution is 7.99. The van der Waals surface area contributed by atoms with Crippen molar-refractivity contribution >= 4 is 11.8 Å². The van der Waals surface area contributed by atoms with Crippen LogP contribution in [0.25, 0.3) is 0 Å². The molecule has 194 valence electrons. The summed E-state index contributed by atoms with van der Waals surface area (Å²) >= 11 is 1.95. The van der Waals surface area contributed by atoms with Gasteiger partial charge in [-0.3, -0.25) is 0 Å². The molecule has 0 N–H and O–H groups in total. The third-order valence-corrected chi connectivity index (χ3v) is 7.76. The van der Waals surface area contributed by atoms with Crippen LogP contribution >= 0.6 is 11.8 Å². The topological polar surface area (TPSA) is 114 Å². The number of hydrogen-bond acceptors (Lipinski definition) is 6. The van der Waals surface area contributed by atoms with Gasteiger partial charge in [0.15, 0.2) is 0 Å². The molecule has 0 aliphatic carbocycles. The van der Waals surface area contributed by atoms with Crippen molar-refractivity contribution in [3.63, 3.8) is 0 Å². The van der Waals surface area contributed by atoms with Crippen molar-refractivity contribution in [1.29, 1.82) is 0 Å². The maximum Gasteiger partial charge on any atom is 0.296 e. The van der Waals surface area contributed by atoms with Crippen molar-refractivity contribution in [2.75, 3.05) is 5.75 Å². The summed E-state index contributed by atoms with van der Waals surface area (Å²) in [7, 11) is -2.76. The van der Waals surface area contributed by atoms with Crippen LogP contribution in [0.5, 0.6) is 0 Å². The van der Waals surface area contributed by atoms with E-state index in [1.165, 1.54) is 107 Å². The standard InChI is InChI=1S/C24H46N3S.ClHO4/c1-5-6-7-8-9-10-11-12-13-14-15-16-17-18-19-20-22-25-27-23(26(22)4)28-21-24(27,2)3;2-1(3,4)5/h5-21H2,1-4H3;(H,2,3,4,5)/q+1;/p-1. The number of aromatic nitrogens is 3. The van der Waals surface area contributed by atoms with Crippen molar-refractivity contribution in [3.8, 4) is 0 Å². The molecule has 0 radical (unpaired) electrons. The smallest absolute Gasteiger partial charge is 0.225 e. The minimum atomic E-state index is -4.94. The van der Waals surface area contributed by atoms with Crippen LogP contribution < -0.4 is 23.2 Å². The fourth-order valence-corrected chi connectivity index (χ4v) is 5.52. The van der Waals surface area contributed by atoms with E-state index in [0.29, 0.717) is 0 Å². The highest BCUT2D eigenvalue weighted by Crippen LogP contribution is 2.34. The van der Waals surface area contributed by atoms with E-state index in [2.05, 4.69) is 37.1 Å². The first-order chi connectivity index (χ1) is 15.6. The summed E-state index contributed by atoms with van der Waals surface area (Å²) in [6.07, 6.45) is 22.5. The summed E-state index contributed by atoms with van der Waals surface area (Å²) in [4.78, 5) is 0. The van der Waals surface area contributed by atoms with Crippen LogP contribution in [0.15, 0.2) is 5.16 Å². The summed E-state index contributed by atoms with van der Waals surface area (Å²) < 4.78 is 38.5. The van der Waals surface area contributed by atoms with Gasteiger partial charge in [0.1, 0.15) is 5.54 Å². The zero-order valence-corrected chi connectivity index (χ0v) is 22.9. The molecule has 0 fully saturated rings. The molecule has 33 heavy (non-hydrogen) atoms. The predicted molar refractivity (Wildman–Crippen MR) is 122 cm³/mol. The molecule has 0 unspecified atom stereocenters. The molecule has 2 heterocycles. The van der Waals surface area contributed by atoms with Crippen molar-refractivity contribution in [2.24, 2.45) is 7.05 Å². The van der Waals surface area contributed by atoms with E-state index in [0.717, 1.165) is 12.2 Å².